The number of aromatic amines is 1. The first-order chi connectivity index (χ1) is 6.27. The van der Waals surface area contributed by atoms with Crippen molar-refractivity contribution in [2.24, 2.45) is 0 Å². The number of rotatable bonds is 1. The fraction of sp³-hybridized carbons (Fsp3) is 0. The van der Waals surface area contributed by atoms with Gasteiger partial charge in [0.05, 0.1) is 16.0 Å². The molecule has 66 valence electrons. The number of hydrogen-bond acceptors (Lipinski definition) is 4. The van der Waals surface area contributed by atoms with Crippen LogP contribution in [0.15, 0.2) is 28.8 Å². The number of pyridine rings is 1. The molecule has 5 heteroatoms. The summed E-state index contributed by atoms with van der Waals surface area (Å²) < 4.78 is 0. The van der Waals surface area contributed by atoms with Crippen LogP contribution in [-0.4, -0.2) is 15.1 Å². The molecule has 0 bridgehead atoms. The van der Waals surface area contributed by atoms with Crippen molar-refractivity contribution < 1.29 is 5.11 Å². The Morgan fingerprint density at radius 1 is 1.54 bits per heavy atom. The normalized spacial score (nSPS) is 10.2. The number of H-pyrrole nitrogens is 1. The molecule has 0 amide bonds. The summed E-state index contributed by atoms with van der Waals surface area (Å²) in [6.07, 6.45) is 3.11. The molecule has 2 rings (SSSR count). The quantitative estimate of drug-likeness (QED) is 0.717. The van der Waals surface area contributed by atoms with Crippen LogP contribution in [0.2, 0.25) is 0 Å². The van der Waals surface area contributed by atoms with E-state index in [0.29, 0.717) is 5.56 Å². The van der Waals surface area contributed by atoms with E-state index in [9.17, 15) is 9.90 Å². The predicted molar refractivity (Wildman–Crippen MR) is 49.8 cm³/mol. The Morgan fingerprint density at radius 2 is 2.38 bits per heavy atom. The first-order valence-electron chi connectivity index (χ1n) is 3.58. The van der Waals surface area contributed by atoms with Crippen molar-refractivity contribution in [1.82, 2.24) is 9.97 Å². The molecule has 0 aliphatic rings. The zero-order chi connectivity index (χ0) is 9.26. The van der Waals surface area contributed by atoms with Crippen molar-refractivity contribution in [3.8, 4) is 16.2 Å². The summed E-state index contributed by atoms with van der Waals surface area (Å²) in [6, 6.07) is 1.15. The largest absolute Gasteiger partial charge is 0.507 e. The van der Waals surface area contributed by atoms with E-state index in [1.807, 2.05) is 0 Å². The van der Waals surface area contributed by atoms with Crippen LogP contribution in [0.5, 0.6) is 5.75 Å². The Balaban J connectivity index is 2.60. The van der Waals surface area contributed by atoms with Gasteiger partial charge in [-0.2, -0.15) is 0 Å². The lowest BCUT2D eigenvalue weighted by Gasteiger charge is -1.98. The van der Waals surface area contributed by atoms with Crippen LogP contribution in [0.3, 0.4) is 0 Å². The Bertz CT molecular complexity index is 461. The first kappa shape index (κ1) is 8.00. The minimum Gasteiger partial charge on any atom is -0.507 e. The standard InChI is InChI=1S/C8H6N2O2S/c11-6-1-8(12)10-2-5(6)7-3-9-4-13-7/h1-4H,(H2,10,11,12). The molecule has 0 aliphatic carbocycles. The van der Waals surface area contributed by atoms with E-state index in [-0.39, 0.29) is 11.3 Å². The summed E-state index contributed by atoms with van der Waals surface area (Å²) in [5.74, 6) is -0.0204. The summed E-state index contributed by atoms with van der Waals surface area (Å²) in [5, 5.41) is 9.42. The van der Waals surface area contributed by atoms with Gasteiger partial charge in [-0.25, -0.2) is 0 Å². The maximum atomic E-state index is 10.8. The van der Waals surface area contributed by atoms with E-state index < -0.39 is 0 Å². The second-order valence-corrected chi connectivity index (χ2v) is 3.35. The van der Waals surface area contributed by atoms with Gasteiger partial charge in [0.2, 0.25) is 0 Å². The van der Waals surface area contributed by atoms with Gasteiger partial charge in [0, 0.05) is 18.5 Å². The van der Waals surface area contributed by atoms with Crippen LogP contribution in [0.25, 0.3) is 10.4 Å². The Morgan fingerprint density at radius 3 is 3.00 bits per heavy atom. The van der Waals surface area contributed by atoms with Crippen LogP contribution in [0.4, 0.5) is 0 Å². The molecule has 13 heavy (non-hydrogen) atoms. The molecule has 0 atom stereocenters. The molecule has 2 aromatic rings. The van der Waals surface area contributed by atoms with Gasteiger partial charge in [-0.15, -0.1) is 11.3 Å². The van der Waals surface area contributed by atoms with Crippen molar-refractivity contribution >= 4 is 11.3 Å². The molecule has 2 heterocycles. The molecule has 0 aliphatic heterocycles. The number of thiazole rings is 1. The third-order valence-electron chi connectivity index (χ3n) is 1.60. The van der Waals surface area contributed by atoms with Crippen molar-refractivity contribution in [1.29, 1.82) is 0 Å². The molecule has 2 aromatic heterocycles. The highest BCUT2D eigenvalue weighted by atomic mass is 32.1. The molecule has 0 saturated heterocycles. The fourth-order valence-corrected chi connectivity index (χ4v) is 1.65. The number of aromatic nitrogens is 2. The maximum absolute atomic E-state index is 10.8. The topological polar surface area (TPSA) is 66.0 Å². The Kier molecular flexibility index (Phi) is 1.86. The van der Waals surface area contributed by atoms with Gasteiger partial charge in [0.15, 0.2) is 0 Å². The second-order valence-electron chi connectivity index (χ2n) is 2.46. The Labute approximate surface area is 77.5 Å². The third-order valence-corrected chi connectivity index (χ3v) is 2.41. The highest BCUT2D eigenvalue weighted by molar-refractivity contribution is 7.13. The first-order valence-corrected chi connectivity index (χ1v) is 4.46. The molecule has 0 fully saturated rings. The zero-order valence-electron chi connectivity index (χ0n) is 6.52. The lowest BCUT2D eigenvalue weighted by molar-refractivity contribution is 0.476. The summed E-state index contributed by atoms with van der Waals surface area (Å²) in [6.45, 7) is 0. The van der Waals surface area contributed by atoms with Crippen molar-refractivity contribution in [2.75, 3.05) is 0 Å². The number of nitrogens with one attached hydrogen (secondary N) is 1. The van der Waals surface area contributed by atoms with Crippen molar-refractivity contribution in [3.63, 3.8) is 0 Å². The van der Waals surface area contributed by atoms with E-state index in [4.69, 9.17) is 0 Å². The highest BCUT2D eigenvalue weighted by Gasteiger charge is 2.05. The van der Waals surface area contributed by atoms with E-state index in [1.54, 1.807) is 11.7 Å². The van der Waals surface area contributed by atoms with E-state index in [0.717, 1.165) is 10.9 Å². The molecule has 4 nitrogen and oxygen atoms in total. The number of nitrogens with zero attached hydrogens (tertiary/aromatic N) is 1. The molecular formula is C8H6N2O2S. The Hall–Kier alpha value is -1.62. The van der Waals surface area contributed by atoms with Gasteiger partial charge in [0.25, 0.3) is 5.56 Å². The third kappa shape index (κ3) is 1.46. The van der Waals surface area contributed by atoms with Crippen molar-refractivity contribution in [2.45, 2.75) is 0 Å². The average Bonchev–Trinajstić information content (AvgIpc) is 2.56. The molecule has 0 saturated carbocycles. The van der Waals surface area contributed by atoms with Gasteiger partial charge in [-0.05, 0) is 0 Å². The van der Waals surface area contributed by atoms with Crippen LogP contribution in [0.1, 0.15) is 0 Å². The van der Waals surface area contributed by atoms with Gasteiger partial charge in [-0.1, -0.05) is 0 Å². The molecule has 0 spiro atoms. The van der Waals surface area contributed by atoms with E-state index in [2.05, 4.69) is 9.97 Å². The summed E-state index contributed by atoms with van der Waals surface area (Å²) in [7, 11) is 0. The summed E-state index contributed by atoms with van der Waals surface area (Å²) in [4.78, 5) is 18.0. The zero-order valence-corrected chi connectivity index (χ0v) is 7.34. The smallest absolute Gasteiger partial charge is 0.251 e. The SMILES string of the molecule is O=c1cc(O)c(-c2cncs2)c[nH]1. The lowest BCUT2D eigenvalue weighted by atomic mass is 10.2. The van der Waals surface area contributed by atoms with Crippen LogP contribution in [-0.2, 0) is 0 Å². The fourth-order valence-electron chi connectivity index (χ4n) is 1.01. The van der Waals surface area contributed by atoms with E-state index >= 15 is 0 Å². The van der Waals surface area contributed by atoms with Crippen LogP contribution < -0.4 is 5.56 Å². The van der Waals surface area contributed by atoms with Crippen LogP contribution >= 0.6 is 11.3 Å². The lowest BCUT2D eigenvalue weighted by Crippen LogP contribution is -2.01. The van der Waals surface area contributed by atoms with Crippen molar-refractivity contribution in [3.05, 3.63) is 34.3 Å². The molecule has 0 radical (unpaired) electrons. The molecular weight excluding hydrogens is 188 g/mol. The monoisotopic (exact) mass is 194 g/mol. The highest BCUT2D eigenvalue weighted by Crippen LogP contribution is 2.28. The predicted octanol–water partition coefficient (Wildman–Crippen LogP) is 1.20. The number of aromatic hydroxyl groups is 1. The summed E-state index contributed by atoms with van der Waals surface area (Å²) >= 11 is 1.40. The molecule has 0 unspecified atom stereocenters. The minimum absolute atomic E-state index is 0.0204. The average molecular weight is 194 g/mol. The van der Waals surface area contributed by atoms with Gasteiger partial charge in [-0.3, -0.25) is 9.78 Å². The van der Waals surface area contributed by atoms with Gasteiger partial charge in [0.1, 0.15) is 5.75 Å². The van der Waals surface area contributed by atoms with Gasteiger partial charge >= 0.3 is 0 Å². The van der Waals surface area contributed by atoms with E-state index in [1.165, 1.54) is 17.5 Å². The molecule has 2 N–H and O–H groups in total. The van der Waals surface area contributed by atoms with Crippen LogP contribution in [0, 0.1) is 0 Å². The maximum Gasteiger partial charge on any atom is 0.251 e. The number of hydrogen-bond donors (Lipinski definition) is 2. The second kappa shape index (κ2) is 3.02. The van der Waals surface area contributed by atoms with Gasteiger partial charge < -0.3 is 10.1 Å². The molecule has 0 aromatic carbocycles. The minimum atomic E-state index is -0.314. The summed E-state index contributed by atoms with van der Waals surface area (Å²) in [5.41, 5.74) is 1.95.